The van der Waals surface area contributed by atoms with E-state index in [9.17, 15) is 0 Å². The molecule has 5 heteroatoms. The first-order valence-corrected chi connectivity index (χ1v) is 6.64. The molecule has 0 atom stereocenters. The van der Waals surface area contributed by atoms with Crippen LogP contribution in [0.4, 0.5) is 5.82 Å². The summed E-state index contributed by atoms with van der Waals surface area (Å²) in [5.74, 6) is 2.01. The van der Waals surface area contributed by atoms with Crippen LogP contribution in [0.3, 0.4) is 0 Å². The average molecular weight is 289 g/mol. The molecule has 102 valence electrons. The molecule has 2 N–H and O–H groups in total. The maximum atomic E-state index is 6.02. The van der Waals surface area contributed by atoms with Crippen molar-refractivity contribution < 1.29 is 8.94 Å². The van der Waals surface area contributed by atoms with Crippen LogP contribution in [0.25, 0.3) is 11.1 Å². The van der Waals surface area contributed by atoms with Crippen LogP contribution in [0.2, 0.25) is 5.02 Å². The summed E-state index contributed by atoms with van der Waals surface area (Å²) in [6.45, 7) is 0. The monoisotopic (exact) mass is 288 g/mol. The number of nitrogens with zero attached hydrogens (tertiary/aromatic N) is 1. The Bertz CT molecular complexity index is 704. The van der Waals surface area contributed by atoms with Crippen molar-refractivity contribution in [2.24, 2.45) is 0 Å². The molecule has 0 spiro atoms. The molecule has 20 heavy (non-hydrogen) atoms. The average Bonchev–Trinajstić information content (AvgIpc) is 3.06. The number of nitrogen functional groups attached to an aromatic ring is 1. The Hall–Kier alpha value is -2.20. The summed E-state index contributed by atoms with van der Waals surface area (Å²) in [5, 5.41) is 4.50. The van der Waals surface area contributed by atoms with E-state index < -0.39 is 0 Å². The first-order chi connectivity index (χ1) is 9.74. The van der Waals surface area contributed by atoms with Gasteiger partial charge in [0.05, 0.1) is 11.8 Å². The molecule has 0 fully saturated rings. The third-order valence-electron chi connectivity index (χ3n) is 3.08. The van der Waals surface area contributed by atoms with Crippen LogP contribution in [-0.4, -0.2) is 5.16 Å². The first-order valence-electron chi connectivity index (χ1n) is 6.26. The SMILES string of the molecule is Nc1noc(CCc2ccco2)c1-c1cccc(Cl)c1. The van der Waals surface area contributed by atoms with Gasteiger partial charge in [-0.3, -0.25) is 0 Å². The second kappa shape index (κ2) is 5.43. The lowest BCUT2D eigenvalue weighted by molar-refractivity contribution is 0.382. The van der Waals surface area contributed by atoms with E-state index >= 15 is 0 Å². The van der Waals surface area contributed by atoms with Crippen molar-refractivity contribution in [3.05, 3.63) is 59.2 Å². The van der Waals surface area contributed by atoms with E-state index in [4.69, 9.17) is 26.3 Å². The zero-order chi connectivity index (χ0) is 13.9. The third-order valence-corrected chi connectivity index (χ3v) is 3.32. The molecule has 0 aliphatic carbocycles. The summed E-state index contributed by atoms with van der Waals surface area (Å²) in [6, 6.07) is 11.3. The van der Waals surface area contributed by atoms with Gasteiger partial charge in [-0.2, -0.15) is 0 Å². The van der Waals surface area contributed by atoms with Gasteiger partial charge in [0, 0.05) is 17.9 Å². The van der Waals surface area contributed by atoms with Crippen molar-refractivity contribution in [2.45, 2.75) is 12.8 Å². The van der Waals surface area contributed by atoms with Gasteiger partial charge in [0.1, 0.15) is 11.5 Å². The minimum Gasteiger partial charge on any atom is -0.469 e. The minimum atomic E-state index is 0.377. The zero-order valence-electron chi connectivity index (χ0n) is 10.7. The Morgan fingerprint density at radius 2 is 2.05 bits per heavy atom. The number of benzene rings is 1. The fourth-order valence-corrected chi connectivity index (χ4v) is 2.34. The standard InChI is InChI=1S/C15H13ClN2O2/c16-11-4-1-3-10(9-11)14-13(20-18-15(14)17)7-6-12-5-2-8-19-12/h1-5,8-9H,6-7H2,(H2,17,18). The second-order valence-electron chi connectivity index (χ2n) is 4.46. The summed E-state index contributed by atoms with van der Waals surface area (Å²) >= 11 is 6.02. The van der Waals surface area contributed by atoms with Crippen LogP contribution in [0.15, 0.2) is 51.6 Å². The summed E-state index contributed by atoms with van der Waals surface area (Å²) in [6.07, 6.45) is 3.05. The lowest BCUT2D eigenvalue weighted by Gasteiger charge is -2.02. The number of hydrogen-bond acceptors (Lipinski definition) is 4. The lowest BCUT2D eigenvalue weighted by Crippen LogP contribution is -1.93. The van der Waals surface area contributed by atoms with Gasteiger partial charge in [0.2, 0.25) is 0 Å². The molecule has 3 aromatic rings. The maximum absolute atomic E-state index is 6.02. The molecule has 0 saturated carbocycles. The van der Waals surface area contributed by atoms with Crippen LogP contribution < -0.4 is 5.73 Å². The van der Waals surface area contributed by atoms with Crippen LogP contribution >= 0.6 is 11.6 Å². The molecule has 0 radical (unpaired) electrons. The molecule has 3 rings (SSSR count). The molecule has 2 heterocycles. The van der Waals surface area contributed by atoms with Gasteiger partial charge in [-0.05, 0) is 29.8 Å². The fraction of sp³-hybridized carbons (Fsp3) is 0.133. The number of rotatable bonds is 4. The van der Waals surface area contributed by atoms with Crippen LogP contribution in [0.1, 0.15) is 11.5 Å². The Morgan fingerprint density at radius 3 is 2.80 bits per heavy atom. The topological polar surface area (TPSA) is 65.2 Å². The highest BCUT2D eigenvalue weighted by molar-refractivity contribution is 6.30. The largest absolute Gasteiger partial charge is 0.469 e. The van der Waals surface area contributed by atoms with E-state index in [0.717, 1.165) is 29.1 Å². The Kier molecular flexibility index (Phi) is 3.48. The number of anilines is 1. The molecule has 0 aliphatic rings. The Labute approximate surface area is 121 Å². The highest BCUT2D eigenvalue weighted by Gasteiger charge is 2.16. The van der Waals surface area contributed by atoms with Crippen molar-refractivity contribution in [1.29, 1.82) is 0 Å². The summed E-state index contributed by atoms with van der Waals surface area (Å²) in [4.78, 5) is 0. The van der Waals surface area contributed by atoms with Crippen molar-refractivity contribution in [1.82, 2.24) is 5.16 Å². The van der Waals surface area contributed by atoms with Gasteiger partial charge >= 0.3 is 0 Å². The van der Waals surface area contributed by atoms with Crippen molar-refractivity contribution in [3.63, 3.8) is 0 Å². The molecular formula is C15H13ClN2O2. The zero-order valence-corrected chi connectivity index (χ0v) is 11.4. The van der Waals surface area contributed by atoms with Crippen LogP contribution in [-0.2, 0) is 12.8 Å². The molecule has 0 aliphatic heterocycles. The van der Waals surface area contributed by atoms with Crippen molar-refractivity contribution in [3.8, 4) is 11.1 Å². The Morgan fingerprint density at radius 1 is 1.15 bits per heavy atom. The molecule has 0 amide bonds. The van der Waals surface area contributed by atoms with E-state index in [1.807, 2.05) is 36.4 Å². The highest BCUT2D eigenvalue weighted by Crippen LogP contribution is 2.31. The number of nitrogens with two attached hydrogens (primary N) is 1. The van der Waals surface area contributed by atoms with Crippen LogP contribution in [0.5, 0.6) is 0 Å². The number of furan rings is 1. The van der Waals surface area contributed by atoms with Gasteiger partial charge in [-0.25, -0.2) is 0 Å². The lowest BCUT2D eigenvalue weighted by atomic mass is 10.0. The first kappa shape index (κ1) is 12.8. The summed E-state index contributed by atoms with van der Waals surface area (Å²) in [7, 11) is 0. The van der Waals surface area contributed by atoms with Gasteiger partial charge in [0.15, 0.2) is 5.82 Å². The van der Waals surface area contributed by atoms with Gasteiger partial charge in [-0.15, -0.1) is 0 Å². The van der Waals surface area contributed by atoms with E-state index in [2.05, 4.69) is 5.16 Å². The van der Waals surface area contributed by atoms with E-state index in [1.54, 1.807) is 6.26 Å². The Balaban J connectivity index is 1.89. The third kappa shape index (κ3) is 2.56. The number of aromatic nitrogens is 1. The van der Waals surface area contributed by atoms with Gasteiger partial charge in [-0.1, -0.05) is 28.9 Å². The van der Waals surface area contributed by atoms with Crippen molar-refractivity contribution in [2.75, 3.05) is 5.73 Å². The molecule has 0 saturated heterocycles. The second-order valence-corrected chi connectivity index (χ2v) is 4.89. The molecule has 2 aromatic heterocycles. The van der Waals surface area contributed by atoms with Crippen LogP contribution in [0, 0.1) is 0 Å². The number of aryl methyl sites for hydroxylation is 2. The fourth-order valence-electron chi connectivity index (χ4n) is 2.15. The molecule has 0 unspecified atom stereocenters. The predicted octanol–water partition coefficient (Wildman–Crippen LogP) is 3.96. The smallest absolute Gasteiger partial charge is 0.175 e. The summed E-state index contributed by atoms with van der Waals surface area (Å²) in [5.41, 5.74) is 7.61. The summed E-state index contributed by atoms with van der Waals surface area (Å²) < 4.78 is 10.6. The van der Waals surface area contributed by atoms with E-state index in [1.165, 1.54) is 0 Å². The van der Waals surface area contributed by atoms with Gasteiger partial charge < -0.3 is 14.7 Å². The minimum absolute atomic E-state index is 0.377. The normalized spacial score (nSPS) is 10.8. The van der Waals surface area contributed by atoms with Gasteiger partial charge in [0.25, 0.3) is 0 Å². The predicted molar refractivity (Wildman–Crippen MR) is 77.5 cm³/mol. The van der Waals surface area contributed by atoms with E-state index in [0.29, 0.717) is 17.3 Å². The number of hydrogen-bond donors (Lipinski definition) is 1. The molecule has 0 bridgehead atoms. The maximum Gasteiger partial charge on any atom is 0.175 e. The van der Waals surface area contributed by atoms with Crippen molar-refractivity contribution >= 4 is 17.4 Å². The quantitative estimate of drug-likeness (QED) is 0.789. The highest BCUT2D eigenvalue weighted by atomic mass is 35.5. The molecule has 1 aromatic carbocycles. The van der Waals surface area contributed by atoms with E-state index in [-0.39, 0.29) is 0 Å². The molecule has 4 nitrogen and oxygen atoms in total. The molecular weight excluding hydrogens is 276 g/mol. The number of halogens is 1.